The van der Waals surface area contributed by atoms with Crippen molar-refractivity contribution in [2.45, 2.75) is 6.54 Å². The minimum absolute atomic E-state index is 0.330. The Labute approximate surface area is 115 Å². The van der Waals surface area contributed by atoms with Crippen LogP contribution in [-0.2, 0) is 6.54 Å². The fraction of sp³-hybridized carbons (Fsp3) is 0.0833. The summed E-state index contributed by atoms with van der Waals surface area (Å²) < 4.78 is 15.7. The predicted octanol–water partition coefficient (Wildman–Crippen LogP) is 3.63. The van der Waals surface area contributed by atoms with Crippen molar-refractivity contribution < 1.29 is 4.39 Å². The van der Waals surface area contributed by atoms with Gasteiger partial charge in [0.2, 0.25) is 5.95 Å². The first kappa shape index (κ1) is 11.7. The third-order valence-electron chi connectivity index (χ3n) is 2.71. The Morgan fingerprint density at radius 3 is 3.00 bits per heavy atom. The van der Waals surface area contributed by atoms with E-state index in [1.807, 2.05) is 22.1 Å². The number of benzene rings is 1. The van der Waals surface area contributed by atoms with Crippen molar-refractivity contribution in [3.05, 3.63) is 44.8 Å². The summed E-state index contributed by atoms with van der Waals surface area (Å²) in [6.45, 7) is 0.651. The molecule has 2 aromatic heterocycles. The Hall–Kier alpha value is -1.40. The standard InChI is InChI=1S/C12H9BrFN3S/c13-8-4-11-10(5-9(8)14)16-12(15)17(11)6-7-2-1-3-18-7/h1-5H,6H2,(H2,15,16). The molecule has 3 nitrogen and oxygen atoms in total. The maximum absolute atomic E-state index is 13.4. The van der Waals surface area contributed by atoms with Gasteiger partial charge in [0.25, 0.3) is 0 Å². The van der Waals surface area contributed by atoms with Crippen LogP contribution in [0.1, 0.15) is 4.88 Å². The molecule has 0 unspecified atom stereocenters. The van der Waals surface area contributed by atoms with Crippen LogP contribution in [0.3, 0.4) is 0 Å². The van der Waals surface area contributed by atoms with E-state index in [2.05, 4.69) is 20.9 Å². The zero-order valence-corrected chi connectivity index (χ0v) is 11.6. The van der Waals surface area contributed by atoms with Gasteiger partial charge in [0.05, 0.1) is 22.1 Å². The summed E-state index contributed by atoms with van der Waals surface area (Å²) in [6, 6.07) is 7.13. The van der Waals surface area contributed by atoms with Gasteiger partial charge >= 0.3 is 0 Å². The summed E-state index contributed by atoms with van der Waals surface area (Å²) >= 11 is 4.84. The Morgan fingerprint density at radius 1 is 1.44 bits per heavy atom. The summed E-state index contributed by atoms with van der Waals surface area (Å²) in [5.74, 6) is 0.0687. The lowest BCUT2D eigenvalue weighted by atomic mass is 10.3. The van der Waals surface area contributed by atoms with E-state index in [9.17, 15) is 4.39 Å². The highest BCUT2D eigenvalue weighted by molar-refractivity contribution is 9.10. The van der Waals surface area contributed by atoms with E-state index in [0.717, 1.165) is 5.52 Å². The molecule has 0 aliphatic heterocycles. The largest absolute Gasteiger partial charge is 0.369 e. The van der Waals surface area contributed by atoms with E-state index in [1.165, 1.54) is 10.9 Å². The van der Waals surface area contributed by atoms with E-state index in [-0.39, 0.29) is 5.82 Å². The second kappa shape index (κ2) is 4.37. The van der Waals surface area contributed by atoms with Crippen LogP contribution in [0.25, 0.3) is 11.0 Å². The van der Waals surface area contributed by atoms with Crippen molar-refractivity contribution in [2.75, 3.05) is 5.73 Å². The molecule has 3 aromatic rings. The molecule has 0 aliphatic carbocycles. The van der Waals surface area contributed by atoms with Crippen LogP contribution < -0.4 is 5.73 Å². The second-order valence-electron chi connectivity index (χ2n) is 3.89. The molecule has 6 heteroatoms. The molecule has 1 aromatic carbocycles. The summed E-state index contributed by atoms with van der Waals surface area (Å²) in [6.07, 6.45) is 0. The molecular weight excluding hydrogens is 317 g/mol. The Balaban J connectivity index is 2.16. The van der Waals surface area contributed by atoms with E-state index >= 15 is 0 Å². The lowest BCUT2D eigenvalue weighted by Gasteiger charge is -2.04. The van der Waals surface area contributed by atoms with Crippen LogP contribution in [0.5, 0.6) is 0 Å². The summed E-state index contributed by atoms with van der Waals surface area (Å²) in [5.41, 5.74) is 7.29. The fourth-order valence-electron chi connectivity index (χ4n) is 1.86. The number of nitrogen functional groups attached to an aromatic ring is 1. The monoisotopic (exact) mass is 325 g/mol. The van der Waals surface area contributed by atoms with Crippen LogP contribution in [-0.4, -0.2) is 9.55 Å². The van der Waals surface area contributed by atoms with Crippen molar-refractivity contribution in [1.82, 2.24) is 9.55 Å². The van der Waals surface area contributed by atoms with E-state index in [4.69, 9.17) is 5.73 Å². The molecule has 0 spiro atoms. The van der Waals surface area contributed by atoms with Crippen molar-refractivity contribution in [1.29, 1.82) is 0 Å². The maximum atomic E-state index is 13.4. The van der Waals surface area contributed by atoms with Crippen LogP contribution in [0, 0.1) is 5.82 Å². The molecule has 2 heterocycles. The molecule has 0 saturated carbocycles. The first-order valence-corrected chi connectivity index (χ1v) is 6.95. The first-order chi connectivity index (χ1) is 8.65. The van der Waals surface area contributed by atoms with Gasteiger partial charge in [0.1, 0.15) is 5.82 Å². The van der Waals surface area contributed by atoms with Crippen LogP contribution in [0.2, 0.25) is 0 Å². The third-order valence-corrected chi connectivity index (χ3v) is 4.18. The maximum Gasteiger partial charge on any atom is 0.201 e. The number of thiophene rings is 1. The molecule has 0 radical (unpaired) electrons. The molecule has 0 saturated heterocycles. The number of hydrogen-bond acceptors (Lipinski definition) is 3. The van der Waals surface area contributed by atoms with Gasteiger partial charge in [-0.05, 0) is 33.4 Å². The SMILES string of the molecule is Nc1nc2cc(F)c(Br)cc2n1Cc1cccs1. The normalized spacial score (nSPS) is 11.2. The molecular formula is C12H9BrFN3S. The van der Waals surface area contributed by atoms with Gasteiger partial charge in [-0.25, -0.2) is 9.37 Å². The molecule has 18 heavy (non-hydrogen) atoms. The van der Waals surface area contributed by atoms with Crippen molar-refractivity contribution in [2.24, 2.45) is 0 Å². The number of anilines is 1. The lowest BCUT2D eigenvalue weighted by Crippen LogP contribution is -2.03. The predicted molar refractivity (Wildman–Crippen MR) is 75.2 cm³/mol. The fourth-order valence-corrected chi connectivity index (χ4v) is 2.89. The molecule has 92 valence electrons. The van der Waals surface area contributed by atoms with Crippen LogP contribution in [0.15, 0.2) is 34.1 Å². The smallest absolute Gasteiger partial charge is 0.201 e. The highest BCUT2D eigenvalue weighted by atomic mass is 79.9. The van der Waals surface area contributed by atoms with Gasteiger partial charge < -0.3 is 10.3 Å². The summed E-state index contributed by atoms with van der Waals surface area (Å²) in [7, 11) is 0. The molecule has 0 amide bonds. The minimum atomic E-state index is -0.330. The van der Waals surface area contributed by atoms with E-state index in [0.29, 0.717) is 22.5 Å². The lowest BCUT2D eigenvalue weighted by molar-refractivity contribution is 0.622. The van der Waals surface area contributed by atoms with Crippen LogP contribution >= 0.6 is 27.3 Å². The number of imidazole rings is 1. The average Bonchev–Trinajstić information content (AvgIpc) is 2.92. The molecule has 0 fully saturated rings. The highest BCUT2D eigenvalue weighted by Gasteiger charge is 2.12. The molecule has 0 atom stereocenters. The third kappa shape index (κ3) is 1.91. The number of hydrogen-bond donors (Lipinski definition) is 1. The number of nitrogens with two attached hydrogens (primary N) is 1. The molecule has 2 N–H and O–H groups in total. The van der Waals surface area contributed by atoms with Gasteiger partial charge in [-0.1, -0.05) is 6.07 Å². The first-order valence-electron chi connectivity index (χ1n) is 5.28. The number of aromatic nitrogens is 2. The molecule has 0 aliphatic rings. The topological polar surface area (TPSA) is 43.8 Å². The van der Waals surface area contributed by atoms with Gasteiger partial charge in [-0.2, -0.15) is 0 Å². The molecule has 0 bridgehead atoms. The van der Waals surface area contributed by atoms with E-state index < -0.39 is 0 Å². The van der Waals surface area contributed by atoms with Gasteiger partial charge in [0.15, 0.2) is 0 Å². The Morgan fingerprint density at radius 2 is 2.28 bits per heavy atom. The zero-order chi connectivity index (χ0) is 12.7. The summed E-state index contributed by atoms with van der Waals surface area (Å²) in [5, 5.41) is 2.01. The highest BCUT2D eigenvalue weighted by Crippen LogP contribution is 2.26. The number of rotatable bonds is 2. The Bertz CT molecular complexity index is 706. The quantitative estimate of drug-likeness (QED) is 0.781. The van der Waals surface area contributed by atoms with E-state index in [1.54, 1.807) is 17.4 Å². The van der Waals surface area contributed by atoms with Gasteiger partial charge in [-0.3, -0.25) is 0 Å². The number of halogens is 2. The second-order valence-corrected chi connectivity index (χ2v) is 5.78. The zero-order valence-electron chi connectivity index (χ0n) is 9.23. The van der Waals surface area contributed by atoms with Gasteiger partial charge in [-0.15, -0.1) is 11.3 Å². The number of fused-ring (bicyclic) bond motifs is 1. The van der Waals surface area contributed by atoms with Gasteiger partial charge in [0, 0.05) is 10.9 Å². The van der Waals surface area contributed by atoms with Crippen molar-refractivity contribution in [3.8, 4) is 0 Å². The van der Waals surface area contributed by atoms with Crippen LogP contribution in [0.4, 0.5) is 10.3 Å². The minimum Gasteiger partial charge on any atom is -0.369 e. The summed E-state index contributed by atoms with van der Waals surface area (Å²) in [4.78, 5) is 5.36. The number of nitrogens with zero attached hydrogens (tertiary/aromatic N) is 2. The Kier molecular flexibility index (Phi) is 2.83. The van der Waals surface area contributed by atoms with Crippen molar-refractivity contribution >= 4 is 44.2 Å². The van der Waals surface area contributed by atoms with Crippen molar-refractivity contribution in [3.63, 3.8) is 0 Å². The average molecular weight is 326 g/mol. The molecule has 3 rings (SSSR count).